The van der Waals surface area contributed by atoms with Crippen LogP contribution in [0.3, 0.4) is 0 Å². The van der Waals surface area contributed by atoms with Crippen LogP contribution in [-0.4, -0.2) is 4.98 Å². The second-order valence-electron chi connectivity index (χ2n) is 2.79. The number of nitrogens with zero attached hydrogens (tertiary/aromatic N) is 1. The number of nitrogens with one attached hydrogen (secondary N) is 1. The molecular weight excluding hydrogens is 150 g/mol. The predicted molar refractivity (Wildman–Crippen MR) is 49.2 cm³/mol. The molecule has 0 spiro atoms. The first-order chi connectivity index (χ1) is 5.88. The van der Waals surface area contributed by atoms with Gasteiger partial charge < -0.3 is 0 Å². The zero-order valence-electron chi connectivity index (χ0n) is 7.33. The maximum atomic E-state index is 5.41. The Hall–Kier alpha value is -0.930. The van der Waals surface area contributed by atoms with Crippen LogP contribution in [0, 0.1) is 0 Å². The average Bonchev–Trinajstić information content (AvgIpc) is 2.15. The molecule has 12 heavy (non-hydrogen) atoms. The van der Waals surface area contributed by atoms with Gasteiger partial charge in [-0.25, -0.2) is 0 Å². The lowest BCUT2D eigenvalue weighted by molar-refractivity contribution is 0.509. The van der Waals surface area contributed by atoms with Crippen LogP contribution in [0.25, 0.3) is 0 Å². The Balaban J connectivity index is 2.66. The summed E-state index contributed by atoms with van der Waals surface area (Å²) >= 11 is 0. The minimum atomic E-state index is 0.240. The summed E-state index contributed by atoms with van der Waals surface area (Å²) in [6.07, 6.45) is 5.77. The van der Waals surface area contributed by atoms with Crippen LogP contribution in [0.2, 0.25) is 0 Å². The van der Waals surface area contributed by atoms with Gasteiger partial charge in [-0.2, -0.15) is 0 Å². The zero-order valence-corrected chi connectivity index (χ0v) is 7.33. The van der Waals surface area contributed by atoms with Crippen LogP contribution in [0.1, 0.15) is 31.4 Å². The summed E-state index contributed by atoms with van der Waals surface area (Å²) in [6.45, 7) is 2.14. The van der Waals surface area contributed by atoms with Gasteiger partial charge in [0.15, 0.2) is 0 Å². The van der Waals surface area contributed by atoms with Crippen molar-refractivity contribution in [2.75, 3.05) is 0 Å². The highest BCUT2D eigenvalue weighted by Gasteiger charge is 2.06. The third-order valence-electron chi connectivity index (χ3n) is 1.87. The van der Waals surface area contributed by atoms with Crippen LogP contribution in [-0.2, 0) is 0 Å². The molecule has 1 atom stereocenters. The number of pyridine rings is 1. The Labute approximate surface area is 73.0 Å². The normalized spacial score (nSPS) is 12.8. The molecule has 1 aromatic heterocycles. The fourth-order valence-corrected chi connectivity index (χ4v) is 1.22. The number of hydrogen-bond acceptors (Lipinski definition) is 3. The van der Waals surface area contributed by atoms with Gasteiger partial charge in [0.1, 0.15) is 0 Å². The molecule has 0 saturated carbocycles. The first kappa shape index (κ1) is 9.16. The van der Waals surface area contributed by atoms with Crippen molar-refractivity contribution >= 4 is 0 Å². The standard InChI is InChI=1S/C9H15N3/c1-2-4-9(12-10)8-5-3-6-11-7-8/h3,5-7,9,12H,2,4,10H2,1H3. The molecule has 3 heteroatoms. The van der Waals surface area contributed by atoms with Crippen LogP contribution < -0.4 is 11.3 Å². The van der Waals surface area contributed by atoms with E-state index in [1.54, 1.807) is 6.20 Å². The number of aromatic nitrogens is 1. The second kappa shape index (κ2) is 4.85. The van der Waals surface area contributed by atoms with Crippen molar-refractivity contribution in [3.63, 3.8) is 0 Å². The Morgan fingerprint density at radius 1 is 1.67 bits per heavy atom. The third kappa shape index (κ3) is 2.29. The van der Waals surface area contributed by atoms with Crippen molar-refractivity contribution in [3.8, 4) is 0 Å². The summed E-state index contributed by atoms with van der Waals surface area (Å²) < 4.78 is 0. The van der Waals surface area contributed by atoms with Gasteiger partial charge in [0, 0.05) is 18.4 Å². The van der Waals surface area contributed by atoms with E-state index in [9.17, 15) is 0 Å². The molecule has 0 aliphatic rings. The second-order valence-corrected chi connectivity index (χ2v) is 2.79. The average molecular weight is 165 g/mol. The fourth-order valence-electron chi connectivity index (χ4n) is 1.22. The maximum Gasteiger partial charge on any atom is 0.0475 e. The molecule has 3 N–H and O–H groups in total. The van der Waals surface area contributed by atoms with E-state index in [1.807, 2.05) is 18.3 Å². The van der Waals surface area contributed by atoms with Crippen LogP contribution >= 0.6 is 0 Å². The SMILES string of the molecule is CCCC(NN)c1cccnc1. The number of hydrogen-bond donors (Lipinski definition) is 2. The lowest BCUT2D eigenvalue weighted by Crippen LogP contribution is -2.27. The van der Waals surface area contributed by atoms with Gasteiger partial charge in [-0.3, -0.25) is 16.3 Å². The summed E-state index contributed by atoms with van der Waals surface area (Å²) in [5, 5.41) is 0. The molecular formula is C9H15N3. The van der Waals surface area contributed by atoms with E-state index in [0.29, 0.717) is 0 Å². The van der Waals surface area contributed by atoms with Gasteiger partial charge in [0.25, 0.3) is 0 Å². The molecule has 0 fully saturated rings. The lowest BCUT2D eigenvalue weighted by atomic mass is 10.1. The van der Waals surface area contributed by atoms with Gasteiger partial charge in [0.05, 0.1) is 0 Å². The molecule has 1 rings (SSSR count). The van der Waals surface area contributed by atoms with Crippen molar-refractivity contribution in [1.82, 2.24) is 10.4 Å². The topological polar surface area (TPSA) is 50.9 Å². The van der Waals surface area contributed by atoms with Gasteiger partial charge in [0.2, 0.25) is 0 Å². The molecule has 0 aliphatic carbocycles. The molecule has 0 radical (unpaired) electrons. The minimum Gasteiger partial charge on any atom is -0.271 e. The van der Waals surface area contributed by atoms with Gasteiger partial charge >= 0.3 is 0 Å². The quantitative estimate of drug-likeness (QED) is 0.523. The molecule has 1 unspecified atom stereocenters. The minimum absolute atomic E-state index is 0.240. The van der Waals surface area contributed by atoms with Gasteiger partial charge in [-0.15, -0.1) is 0 Å². The van der Waals surface area contributed by atoms with Gasteiger partial charge in [-0.05, 0) is 18.1 Å². The van der Waals surface area contributed by atoms with Crippen LogP contribution in [0.4, 0.5) is 0 Å². The lowest BCUT2D eigenvalue weighted by Gasteiger charge is -2.13. The first-order valence-corrected chi connectivity index (χ1v) is 4.24. The molecule has 66 valence electrons. The Bertz CT molecular complexity index is 210. The molecule has 1 aromatic rings. The van der Waals surface area contributed by atoms with Crippen molar-refractivity contribution in [3.05, 3.63) is 30.1 Å². The predicted octanol–water partition coefficient (Wildman–Crippen LogP) is 1.39. The summed E-state index contributed by atoms with van der Waals surface area (Å²) in [4.78, 5) is 4.04. The molecule has 1 heterocycles. The van der Waals surface area contributed by atoms with E-state index in [4.69, 9.17) is 5.84 Å². The van der Waals surface area contributed by atoms with E-state index in [0.717, 1.165) is 18.4 Å². The monoisotopic (exact) mass is 165 g/mol. The number of nitrogens with two attached hydrogens (primary N) is 1. The highest BCUT2D eigenvalue weighted by atomic mass is 15.2. The van der Waals surface area contributed by atoms with Crippen molar-refractivity contribution < 1.29 is 0 Å². The third-order valence-corrected chi connectivity index (χ3v) is 1.87. The van der Waals surface area contributed by atoms with E-state index in [2.05, 4.69) is 17.3 Å². The highest BCUT2D eigenvalue weighted by Crippen LogP contribution is 2.15. The van der Waals surface area contributed by atoms with E-state index in [-0.39, 0.29) is 6.04 Å². The number of hydrazine groups is 1. The molecule has 3 nitrogen and oxygen atoms in total. The molecule has 0 amide bonds. The summed E-state index contributed by atoms with van der Waals surface area (Å²) in [6, 6.07) is 4.20. The zero-order chi connectivity index (χ0) is 8.81. The Morgan fingerprint density at radius 2 is 2.50 bits per heavy atom. The molecule has 0 bridgehead atoms. The maximum absolute atomic E-state index is 5.41. The van der Waals surface area contributed by atoms with Crippen molar-refractivity contribution in [2.24, 2.45) is 5.84 Å². The summed E-state index contributed by atoms with van der Waals surface area (Å²) in [5.74, 6) is 5.41. The molecule has 0 aromatic carbocycles. The number of rotatable bonds is 4. The van der Waals surface area contributed by atoms with E-state index >= 15 is 0 Å². The summed E-state index contributed by atoms with van der Waals surface area (Å²) in [5.41, 5.74) is 3.93. The Kier molecular flexibility index (Phi) is 3.70. The Morgan fingerprint density at radius 3 is 3.00 bits per heavy atom. The molecule has 0 saturated heterocycles. The van der Waals surface area contributed by atoms with Crippen LogP contribution in [0.5, 0.6) is 0 Å². The van der Waals surface area contributed by atoms with E-state index in [1.165, 1.54) is 0 Å². The smallest absolute Gasteiger partial charge is 0.0475 e. The van der Waals surface area contributed by atoms with E-state index < -0.39 is 0 Å². The fraction of sp³-hybridized carbons (Fsp3) is 0.444. The van der Waals surface area contributed by atoms with Crippen LogP contribution in [0.15, 0.2) is 24.5 Å². The first-order valence-electron chi connectivity index (χ1n) is 4.24. The van der Waals surface area contributed by atoms with Crippen molar-refractivity contribution in [2.45, 2.75) is 25.8 Å². The largest absolute Gasteiger partial charge is 0.271 e. The highest BCUT2D eigenvalue weighted by molar-refractivity contribution is 5.13. The summed E-state index contributed by atoms with van der Waals surface area (Å²) in [7, 11) is 0. The van der Waals surface area contributed by atoms with Crippen molar-refractivity contribution in [1.29, 1.82) is 0 Å². The van der Waals surface area contributed by atoms with Gasteiger partial charge in [-0.1, -0.05) is 19.4 Å². The molecule has 0 aliphatic heterocycles.